The number of rotatable bonds is 4. The van der Waals surface area contributed by atoms with Gasteiger partial charge in [-0.05, 0) is 39.8 Å². The van der Waals surface area contributed by atoms with Gasteiger partial charge in [0.15, 0.2) is 11.6 Å². The number of hydrogen-bond donors (Lipinski definition) is 1. The number of benzene rings is 1. The Morgan fingerprint density at radius 2 is 1.95 bits per heavy atom. The normalized spacial score (nSPS) is 12.5. The third-order valence-corrected chi connectivity index (χ3v) is 3.47. The molecular weight excluding hydrogens is 260 g/mol. The van der Waals surface area contributed by atoms with E-state index >= 15 is 0 Å². The summed E-state index contributed by atoms with van der Waals surface area (Å²) in [6.07, 6.45) is 0. The monoisotopic (exact) mass is 279 g/mol. The van der Waals surface area contributed by atoms with Crippen molar-refractivity contribution in [3.05, 3.63) is 46.8 Å². The van der Waals surface area contributed by atoms with Crippen LogP contribution in [0.15, 0.2) is 18.2 Å². The molecule has 1 atom stereocenters. The summed E-state index contributed by atoms with van der Waals surface area (Å²) in [5.41, 5.74) is 3.69. The van der Waals surface area contributed by atoms with E-state index in [1.165, 1.54) is 12.1 Å². The summed E-state index contributed by atoms with van der Waals surface area (Å²) >= 11 is 0. The summed E-state index contributed by atoms with van der Waals surface area (Å²) in [4.78, 5) is 0. The van der Waals surface area contributed by atoms with Crippen LogP contribution in [0.25, 0.3) is 0 Å². The first kappa shape index (κ1) is 14.5. The Labute approximate surface area is 117 Å². The second-order valence-corrected chi connectivity index (χ2v) is 4.90. The first-order valence-electron chi connectivity index (χ1n) is 6.69. The van der Waals surface area contributed by atoms with Gasteiger partial charge in [0.1, 0.15) is 0 Å². The number of halogens is 2. The molecule has 0 aliphatic rings. The number of nitrogens with one attached hydrogen (secondary N) is 1. The quantitative estimate of drug-likeness (QED) is 0.917. The Morgan fingerprint density at radius 1 is 1.25 bits per heavy atom. The zero-order valence-corrected chi connectivity index (χ0v) is 12.2. The summed E-state index contributed by atoms with van der Waals surface area (Å²) in [6, 6.07) is 3.80. The molecular formula is C15H19F2N3. The van der Waals surface area contributed by atoms with Crippen molar-refractivity contribution in [2.75, 3.05) is 5.32 Å². The van der Waals surface area contributed by atoms with Gasteiger partial charge in [0.2, 0.25) is 0 Å². The molecule has 1 N–H and O–H groups in total. The van der Waals surface area contributed by atoms with E-state index in [4.69, 9.17) is 0 Å². The fourth-order valence-electron chi connectivity index (χ4n) is 2.55. The van der Waals surface area contributed by atoms with Crippen LogP contribution in [-0.4, -0.2) is 9.78 Å². The summed E-state index contributed by atoms with van der Waals surface area (Å²) in [6.45, 7) is 8.81. The van der Waals surface area contributed by atoms with Gasteiger partial charge in [-0.15, -0.1) is 0 Å². The van der Waals surface area contributed by atoms with Gasteiger partial charge in [0, 0.05) is 29.6 Å². The molecule has 1 heterocycles. The maximum absolute atomic E-state index is 13.2. The maximum atomic E-state index is 13.2. The van der Waals surface area contributed by atoms with Crippen LogP contribution in [0.2, 0.25) is 0 Å². The average Bonchev–Trinajstić information content (AvgIpc) is 2.68. The molecule has 0 bridgehead atoms. The van der Waals surface area contributed by atoms with Crippen molar-refractivity contribution in [2.45, 2.75) is 40.3 Å². The van der Waals surface area contributed by atoms with Crippen LogP contribution in [0, 0.1) is 25.5 Å². The van der Waals surface area contributed by atoms with Crippen molar-refractivity contribution in [1.29, 1.82) is 0 Å². The van der Waals surface area contributed by atoms with Crippen LogP contribution >= 0.6 is 0 Å². The minimum atomic E-state index is -0.847. The predicted molar refractivity (Wildman–Crippen MR) is 75.8 cm³/mol. The van der Waals surface area contributed by atoms with Crippen LogP contribution in [0.4, 0.5) is 14.5 Å². The number of aryl methyl sites for hydroxylation is 2. The summed E-state index contributed by atoms with van der Waals surface area (Å²) in [5, 5.41) is 7.65. The topological polar surface area (TPSA) is 29.9 Å². The smallest absolute Gasteiger partial charge is 0.160 e. The summed E-state index contributed by atoms with van der Waals surface area (Å²) in [5.74, 6) is -1.69. The van der Waals surface area contributed by atoms with Gasteiger partial charge in [0.25, 0.3) is 0 Å². The molecule has 0 aliphatic carbocycles. The molecule has 1 aromatic carbocycles. The third kappa shape index (κ3) is 2.66. The number of nitrogens with zero attached hydrogens (tertiary/aromatic N) is 2. The lowest BCUT2D eigenvalue weighted by Gasteiger charge is -2.16. The van der Waals surface area contributed by atoms with E-state index in [0.29, 0.717) is 5.69 Å². The van der Waals surface area contributed by atoms with E-state index < -0.39 is 11.6 Å². The molecule has 3 nitrogen and oxygen atoms in total. The Hall–Kier alpha value is -1.91. The largest absolute Gasteiger partial charge is 0.378 e. The first-order valence-corrected chi connectivity index (χ1v) is 6.69. The second-order valence-electron chi connectivity index (χ2n) is 4.90. The highest BCUT2D eigenvalue weighted by Crippen LogP contribution is 2.25. The van der Waals surface area contributed by atoms with Crippen molar-refractivity contribution in [2.24, 2.45) is 0 Å². The molecule has 0 amide bonds. The zero-order chi connectivity index (χ0) is 14.9. The Kier molecular flexibility index (Phi) is 4.06. The molecule has 1 unspecified atom stereocenters. The molecule has 0 saturated heterocycles. The van der Waals surface area contributed by atoms with Crippen molar-refractivity contribution in [3.63, 3.8) is 0 Å². The minimum Gasteiger partial charge on any atom is -0.378 e. The summed E-state index contributed by atoms with van der Waals surface area (Å²) < 4.78 is 28.1. The van der Waals surface area contributed by atoms with E-state index in [9.17, 15) is 8.78 Å². The lowest BCUT2D eigenvalue weighted by molar-refractivity contribution is 0.509. The van der Waals surface area contributed by atoms with E-state index in [1.807, 2.05) is 32.4 Å². The van der Waals surface area contributed by atoms with Crippen LogP contribution in [0.3, 0.4) is 0 Å². The SMILES string of the molecule is CCn1nc(C)c(C(C)Nc2ccc(F)c(F)c2)c1C. The van der Waals surface area contributed by atoms with Crippen molar-refractivity contribution in [3.8, 4) is 0 Å². The van der Waals surface area contributed by atoms with E-state index in [-0.39, 0.29) is 6.04 Å². The molecule has 20 heavy (non-hydrogen) atoms. The van der Waals surface area contributed by atoms with E-state index in [0.717, 1.165) is 29.6 Å². The van der Waals surface area contributed by atoms with Crippen LogP contribution in [0.5, 0.6) is 0 Å². The van der Waals surface area contributed by atoms with Crippen LogP contribution in [0.1, 0.15) is 36.8 Å². The minimum absolute atomic E-state index is 0.0276. The molecule has 2 rings (SSSR count). The molecule has 0 saturated carbocycles. The highest BCUT2D eigenvalue weighted by atomic mass is 19.2. The van der Waals surface area contributed by atoms with Gasteiger partial charge in [0.05, 0.1) is 11.7 Å². The molecule has 1 aromatic heterocycles. The van der Waals surface area contributed by atoms with Crippen LogP contribution in [-0.2, 0) is 6.54 Å². The van der Waals surface area contributed by atoms with Gasteiger partial charge in [-0.3, -0.25) is 4.68 Å². The maximum Gasteiger partial charge on any atom is 0.160 e. The molecule has 0 fully saturated rings. The van der Waals surface area contributed by atoms with Gasteiger partial charge < -0.3 is 5.32 Å². The number of aromatic nitrogens is 2. The van der Waals surface area contributed by atoms with E-state index in [2.05, 4.69) is 10.4 Å². The highest BCUT2D eigenvalue weighted by molar-refractivity contribution is 5.46. The Bertz CT molecular complexity index is 620. The zero-order valence-electron chi connectivity index (χ0n) is 12.2. The van der Waals surface area contributed by atoms with Gasteiger partial charge in [-0.25, -0.2) is 8.78 Å². The molecule has 2 aromatic rings. The van der Waals surface area contributed by atoms with Crippen LogP contribution < -0.4 is 5.32 Å². The van der Waals surface area contributed by atoms with Gasteiger partial charge in [-0.2, -0.15) is 5.10 Å². The predicted octanol–water partition coefficient (Wildman–Crippen LogP) is 3.97. The standard InChI is InChI=1S/C15H19F2N3/c1-5-20-11(4)15(10(3)19-20)9(2)18-12-6-7-13(16)14(17)8-12/h6-9,18H,5H2,1-4H3. The Morgan fingerprint density at radius 3 is 2.50 bits per heavy atom. The molecule has 0 spiro atoms. The van der Waals surface area contributed by atoms with E-state index in [1.54, 1.807) is 0 Å². The fourth-order valence-corrected chi connectivity index (χ4v) is 2.55. The second kappa shape index (κ2) is 5.61. The molecule has 0 radical (unpaired) electrons. The van der Waals surface area contributed by atoms with Crippen molar-refractivity contribution < 1.29 is 8.78 Å². The van der Waals surface area contributed by atoms with Gasteiger partial charge >= 0.3 is 0 Å². The first-order chi connectivity index (χ1) is 9.43. The number of hydrogen-bond acceptors (Lipinski definition) is 2. The molecule has 5 heteroatoms. The van der Waals surface area contributed by atoms with Crippen molar-refractivity contribution >= 4 is 5.69 Å². The lowest BCUT2D eigenvalue weighted by Crippen LogP contribution is -2.09. The third-order valence-electron chi connectivity index (χ3n) is 3.47. The molecule has 0 aliphatic heterocycles. The summed E-state index contributed by atoms with van der Waals surface area (Å²) in [7, 11) is 0. The van der Waals surface area contributed by atoms with Gasteiger partial charge in [-0.1, -0.05) is 0 Å². The fraction of sp³-hybridized carbons (Fsp3) is 0.400. The number of anilines is 1. The Balaban J connectivity index is 2.25. The molecule has 108 valence electrons. The van der Waals surface area contributed by atoms with Crippen molar-refractivity contribution in [1.82, 2.24) is 9.78 Å². The highest BCUT2D eigenvalue weighted by Gasteiger charge is 2.17. The lowest BCUT2D eigenvalue weighted by atomic mass is 10.1. The average molecular weight is 279 g/mol.